The lowest BCUT2D eigenvalue weighted by atomic mass is 10.1. The number of rotatable bonds is 6. The van der Waals surface area contributed by atoms with Crippen molar-refractivity contribution in [2.45, 2.75) is 25.6 Å². The predicted octanol–water partition coefficient (Wildman–Crippen LogP) is 4.78. The maximum Gasteiger partial charge on any atom is 0.175 e. The number of halogens is 2. The van der Waals surface area contributed by atoms with Crippen LogP contribution in [0.15, 0.2) is 16.6 Å². The molecule has 0 N–H and O–H groups in total. The van der Waals surface area contributed by atoms with E-state index in [-0.39, 0.29) is 0 Å². The maximum absolute atomic E-state index is 5.82. The van der Waals surface area contributed by atoms with Crippen molar-refractivity contribution in [2.24, 2.45) is 5.92 Å². The smallest absolute Gasteiger partial charge is 0.175 e. The first-order chi connectivity index (χ1) is 8.12. The van der Waals surface area contributed by atoms with Crippen LogP contribution in [0.25, 0.3) is 0 Å². The zero-order valence-electron chi connectivity index (χ0n) is 10.4. The Balaban J connectivity index is 2.89. The van der Waals surface area contributed by atoms with Gasteiger partial charge in [-0.25, -0.2) is 0 Å². The Morgan fingerprint density at radius 1 is 1.35 bits per heavy atom. The fourth-order valence-electron chi connectivity index (χ4n) is 1.33. The van der Waals surface area contributed by atoms with E-state index in [0.29, 0.717) is 12.5 Å². The van der Waals surface area contributed by atoms with Crippen molar-refractivity contribution in [2.75, 3.05) is 13.7 Å². The van der Waals surface area contributed by atoms with Crippen LogP contribution in [-0.2, 0) is 5.33 Å². The van der Waals surface area contributed by atoms with Crippen LogP contribution >= 0.6 is 31.9 Å². The van der Waals surface area contributed by atoms with E-state index in [4.69, 9.17) is 9.47 Å². The van der Waals surface area contributed by atoms with Gasteiger partial charge in [-0.3, -0.25) is 0 Å². The Morgan fingerprint density at radius 3 is 2.59 bits per heavy atom. The molecule has 0 bridgehead atoms. The van der Waals surface area contributed by atoms with Crippen molar-refractivity contribution in [1.82, 2.24) is 0 Å². The fourth-order valence-corrected chi connectivity index (χ4v) is 2.26. The van der Waals surface area contributed by atoms with E-state index in [1.807, 2.05) is 12.1 Å². The third-order valence-corrected chi connectivity index (χ3v) is 3.89. The first-order valence-electron chi connectivity index (χ1n) is 5.67. The molecule has 0 aliphatic rings. The standard InChI is InChI=1S/C13H18Br2O2/c1-4-9(2)8-17-13-11(15)5-10(7-14)6-12(13)16-3/h5-6,9H,4,7-8H2,1-3H3. The molecule has 0 aromatic heterocycles. The molecule has 17 heavy (non-hydrogen) atoms. The summed E-state index contributed by atoms with van der Waals surface area (Å²) >= 11 is 6.96. The molecule has 0 spiro atoms. The molecule has 1 aromatic carbocycles. The van der Waals surface area contributed by atoms with Crippen LogP contribution in [0.4, 0.5) is 0 Å². The second-order valence-corrected chi connectivity index (χ2v) is 5.48. The van der Waals surface area contributed by atoms with Gasteiger partial charge >= 0.3 is 0 Å². The zero-order chi connectivity index (χ0) is 12.8. The van der Waals surface area contributed by atoms with E-state index in [0.717, 1.165) is 33.3 Å². The molecule has 1 unspecified atom stereocenters. The molecule has 1 aromatic rings. The van der Waals surface area contributed by atoms with Crippen molar-refractivity contribution in [1.29, 1.82) is 0 Å². The summed E-state index contributed by atoms with van der Waals surface area (Å²) in [7, 11) is 1.66. The molecule has 0 saturated heterocycles. The quantitative estimate of drug-likeness (QED) is 0.675. The van der Waals surface area contributed by atoms with Crippen LogP contribution < -0.4 is 9.47 Å². The molecule has 2 nitrogen and oxygen atoms in total. The van der Waals surface area contributed by atoms with Gasteiger partial charge < -0.3 is 9.47 Å². The highest BCUT2D eigenvalue weighted by molar-refractivity contribution is 9.10. The average Bonchev–Trinajstić information content (AvgIpc) is 2.35. The SMILES string of the molecule is CCC(C)COc1c(Br)cc(CBr)cc1OC. The predicted molar refractivity (Wildman–Crippen MR) is 78.3 cm³/mol. The first-order valence-corrected chi connectivity index (χ1v) is 7.59. The second-order valence-electron chi connectivity index (χ2n) is 4.07. The van der Waals surface area contributed by atoms with Crippen molar-refractivity contribution >= 4 is 31.9 Å². The topological polar surface area (TPSA) is 18.5 Å². The summed E-state index contributed by atoms with van der Waals surface area (Å²) in [5.41, 5.74) is 1.16. The highest BCUT2D eigenvalue weighted by atomic mass is 79.9. The van der Waals surface area contributed by atoms with E-state index in [2.05, 4.69) is 45.7 Å². The molecular formula is C13H18Br2O2. The van der Waals surface area contributed by atoms with Crippen LogP contribution in [-0.4, -0.2) is 13.7 Å². The Bertz CT molecular complexity index is 367. The summed E-state index contributed by atoms with van der Waals surface area (Å²) in [6.45, 7) is 5.04. The van der Waals surface area contributed by atoms with Gasteiger partial charge in [0.1, 0.15) is 0 Å². The van der Waals surface area contributed by atoms with E-state index in [9.17, 15) is 0 Å². The van der Waals surface area contributed by atoms with Gasteiger partial charge in [0.2, 0.25) is 0 Å². The molecule has 0 fully saturated rings. The van der Waals surface area contributed by atoms with E-state index in [1.54, 1.807) is 7.11 Å². The Morgan fingerprint density at radius 2 is 2.06 bits per heavy atom. The molecule has 0 saturated carbocycles. The number of hydrogen-bond donors (Lipinski definition) is 0. The van der Waals surface area contributed by atoms with E-state index >= 15 is 0 Å². The lowest BCUT2D eigenvalue weighted by Crippen LogP contribution is -2.08. The molecule has 96 valence electrons. The van der Waals surface area contributed by atoms with Crippen molar-refractivity contribution in [3.63, 3.8) is 0 Å². The number of benzene rings is 1. The van der Waals surface area contributed by atoms with Crippen molar-refractivity contribution < 1.29 is 9.47 Å². The Kier molecular flexibility index (Phi) is 6.34. The molecule has 4 heteroatoms. The van der Waals surface area contributed by atoms with Gasteiger partial charge in [-0.1, -0.05) is 36.2 Å². The second kappa shape index (κ2) is 7.27. The van der Waals surface area contributed by atoms with Crippen LogP contribution in [0.2, 0.25) is 0 Å². The number of alkyl halides is 1. The third kappa shape index (κ3) is 4.18. The van der Waals surface area contributed by atoms with Crippen LogP contribution in [0.3, 0.4) is 0 Å². The monoisotopic (exact) mass is 364 g/mol. The lowest BCUT2D eigenvalue weighted by molar-refractivity contribution is 0.243. The minimum atomic E-state index is 0.544. The lowest BCUT2D eigenvalue weighted by Gasteiger charge is -2.16. The first kappa shape index (κ1) is 14.8. The number of methoxy groups -OCH3 is 1. The fraction of sp³-hybridized carbons (Fsp3) is 0.538. The van der Waals surface area contributed by atoms with Gasteiger partial charge in [0.25, 0.3) is 0 Å². The Labute approximate surface area is 120 Å². The molecule has 0 amide bonds. The van der Waals surface area contributed by atoms with Gasteiger partial charge in [-0.15, -0.1) is 0 Å². The average molecular weight is 366 g/mol. The van der Waals surface area contributed by atoms with E-state index < -0.39 is 0 Å². The molecular weight excluding hydrogens is 348 g/mol. The van der Waals surface area contributed by atoms with Gasteiger partial charge in [-0.05, 0) is 39.5 Å². The summed E-state index contributed by atoms with van der Waals surface area (Å²) in [6, 6.07) is 4.04. The van der Waals surface area contributed by atoms with Gasteiger partial charge in [0.05, 0.1) is 18.2 Å². The molecule has 0 aliphatic carbocycles. The van der Waals surface area contributed by atoms with Crippen LogP contribution in [0, 0.1) is 5.92 Å². The highest BCUT2D eigenvalue weighted by Gasteiger charge is 2.12. The van der Waals surface area contributed by atoms with Gasteiger partial charge in [0.15, 0.2) is 11.5 Å². The molecule has 0 radical (unpaired) electrons. The minimum absolute atomic E-state index is 0.544. The van der Waals surface area contributed by atoms with Crippen molar-refractivity contribution in [3.8, 4) is 11.5 Å². The number of hydrogen-bond acceptors (Lipinski definition) is 2. The minimum Gasteiger partial charge on any atom is -0.493 e. The summed E-state index contributed by atoms with van der Waals surface area (Å²) in [4.78, 5) is 0. The van der Waals surface area contributed by atoms with E-state index in [1.165, 1.54) is 0 Å². The van der Waals surface area contributed by atoms with Crippen LogP contribution in [0.5, 0.6) is 11.5 Å². The van der Waals surface area contributed by atoms with Gasteiger partial charge in [0, 0.05) is 5.33 Å². The molecule has 0 heterocycles. The normalized spacial score (nSPS) is 12.3. The Hall–Kier alpha value is -0.220. The molecule has 1 atom stereocenters. The highest BCUT2D eigenvalue weighted by Crippen LogP contribution is 2.37. The summed E-state index contributed by atoms with van der Waals surface area (Å²) in [5, 5.41) is 0.799. The summed E-state index contributed by atoms with van der Waals surface area (Å²) in [5.74, 6) is 2.11. The van der Waals surface area contributed by atoms with Gasteiger partial charge in [-0.2, -0.15) is 0 Å². The maximum atomic E-state index is 5.82. The third-order valence-electron chi connectivity index (χ3n) is 2.65. The van der Waals surface area contributed by atoms with Crippen LogP contribution in [0.1, 0.15) is 25.8 Å². The zero-order valence-corrected chi connectivity index (χ0v) is 13.6. The number of ether oxygens (including phenoxy) is 2. The molecule has 0 aliphatic heterocycles. The van der Waals surface area contributed by atoms with Crippen molar-refractivity contribution in [3.05, 3.63) is 22.2 Å². The summed E-state index contributed by atoms with van der Waals surface area (Å²) < 4.78 is 12.1. The summed E-state index contributed by atoms with van der Waals surface area (Å²) in [6.07, 6.45) is 1.11. The largest absolute Gasteiger partial charge is 0.493 e. The molecule has 1 rings (SSSR count).